The molecule has 1 saturated heterocycles. The van der Waals surface area contributed by atoms with E-state index in [1.165, 1.54) is 0 Å². The topological polar surface area (TPSA) is 122 Å². The maximum atomic E-state index is 14.2. The van der Waals surface area contributed by atoms with Crippen molar-refractivity contribution in [1.29, 1.82) is 5.26 Å². The molecule has 1 aliphatic heterocycles. The first kappa shape index (κ1) is 57.2. The van der Waals surface area contributed by atoms with Crippen LogP contribution in [0.4, 0.5) is 0 Å². The number of benzene rings is 8. The standard InChI is InChI=1S/C68H70BN4O6P/c1-52(2)73(53(3)4)80(77-49-26-47-70)50-46-63(51-76-66(55-27-12-5-13-28-55,56-29-14-6-15-30-56)57-31-16-7-17-32-57)72-64(74)45-48-71-65(75)54-41-43-62(44-42-54)69-78-67(58-33-18-8-19-34-58,59-35-20-9-21-36-59)68(79-69,60-37-22-10-23-38-60)61-39-24-11-25-40-61/h5-25,27-44,52-53,63H,26,45-46,48-51H2,1-4H3,(H,71,75)(H,72,74). The molecule has 1 aliphatic rings. The molecule has 2 N–H and O–H groups in total. The van der Waals surface area contributed by atoms with Gasteiger partial charge in [0.1, 0.15) is 25.1 Å². The van der Waals surface area contributed by atoms with Gasteiger partial charge in [0, 0.05) is 36.8 Å². The summed E-state index contributed by atoms with van der Waals surface area (Å²) >= 11 is 0. The van der Waals surface area contributed by atoms with E-state index in [0.717, 1.165) is 44.4 Å². The summed E-state index contributed by atoms with van der Waals surface area (Å²) in [5.74, 6) is -0.543. The number of hydrogen-bond acceptors (Lipinski definition) is 8. The summed E-state index contributed by atoms with van der Waals surface area (Å²) in [6.45, 7) is 9.22. The lowest BCUT2D eigenvalue weighted by Gasteiger charge is -2.46. The Morgan fingerprint density at radius 1 is 0.600 bits per heavy atom. The first-order valence-electron chi connectivity index (χ1n) is 27.7. The summed E-state index contributed by atoms with van der Waals surface area (Å²) in [7, 11) is -2.00. The van der Waals surface area contributed by atoms with Gasteiger partial charge >= 0.3 is 7.12 Å². The summed E-state index contributed by atoms with van der Waals surface area (Å²) in [5, 5.41) is 15.7. The molecule has 10 nitrogen and oxygen atoms in total. The van der Waals surface area contributed by atoms with Crippen molar-refractivity contribution in [1.82, 2.24) is 15.3 Å². The Kier molecular flexibility index (Phi) is 19.4. The molecule has 1 fully saturated rings. The lowest BCUT2D eigenvalue weighted by molar-refractivity contribution is -0.122. The molecule has 0 saturated carbocycles. The van der Waals surface area contributed by atoms with Crippen LogP contribution in [0.25, 0.3) is 0 Å². The van der Waals surface area contributed by atoms with Gasteiger partial charge in [-0.1, -0.05) is 224 Å². The van der Waals surface area contributed by atoms with Crippen LogP contribution in [0.2, 0.25) is 0 Å². The highest BCUT2D eigenvalue weighted by Gasteiger charge is 2.66. The van der Waals surface area contributed by atoms with E-state index in [1.54, 1.807) is 12.1 Å². The zero-order valence-corrected chi connectivity index (χ0v) is 47.0. The monoisotopic (exact) mass is 1080 g/mol. The van der Waals surface area contributed by atoms with Crippen LogP contribution in [0.1, 0.15) is 96.3 Å². The minimum atomic E-state index is -1.16. The number of nitrogens with one attached hydrogen (secondary N) is 2. The molecule has 8 aromatic carbocycles. The lowest BCUT2D eigenvalue weighted by atomic mass is 9.66. The highest BCUT2D eigenvalue weighted by atomic mass is 31.2. The lowest BCUT2D eigenvalue weighted by Crippen LogP contribution is -2.48. The van der Waals surface area contributed by atoms with Crippen molar-refractivity contribution in [3.05, 3.63) is 281 Å². The minimum Gasteiger partial charge on any atom is -0.390 e. The quantitative estimate of drug-likeness (QED) is 0.0251. The van der Waals surface area contributed by atoms with E-state index < -0.39 is 38.3 Å². The van der Waals surface area contributed by atoms with Gasteiger partial charge in [-0.3, -0.25) is 14.3 Å². The molecule has 8 aromatic rings. The van der Waals surface area contributed by atoms with Crippen LogP contribution >= 0.6 is 8.30 Å². The molecule has 0 bridgehead atoms. The summed E-state index contributed by atoms with van der Waals surface area (Å²) in [4.78, 5) is 28.1. The molecule has 0 aliphatic carbocycles. The molecule has 2 unspecified atom stereocenters. The summed E-state index contributed by atoms with van der Waals surface area (Å²) in [5.41, 5.74) is 4.40. The van der Waals surface area contributed by atoms with E-state index in [2.05, 4.69) is 134 Å². The SMILES string of the molecule is CC(C)N(C(C)C)P(CCC(COC(c1ccccc1)(c1ccccc1)c1ccccc1)NC(=O)CCNC(=O)c1ccc(B2OC(c3ccccc3)(c3ccccc3)C(c3ccccc3)(c3ccccc3)O2)cc1)OCCC#N. The minimum absolute atomic E-state index is 0.0327. The predicted octanol–water partition coefficient (Wildman–Crippen LogP) is 12.7. The number of rotatable bonds is 25. The number of nitrogens with zero attached hydrogens (tertiary/aromatic N) is 2. The molecule has 0 aromatic heterocycles. The number of amides is 2. The second-order valence-electron chi connectivity index (χ2n) is 20.6. The van der Waals surface area contributed by atoms with Gasteiger partial charge < -0.3 is 29.2 Å². The van der Waals surface area contributed by atoms with Crippen LogP contribution in [0.15, 0.2) is 237 Å². The van der Waals surface area contributed by atoms with Crippen LogP contribution in [0, 0.1) is 11.3 Å². The number of carbonyl (C=O) groups excluding carboxylic acids is 2. The van der Waals surface area contributed by atoms with Gasteiger partial charge in [0.25, 0.3) is 5.91 Å². The summed E-state index contributed by atoms with van der Waals surface area (Å²) in [6, 6.07) is 81.0. The summed E-state index contributed by atoms with van der Waals surface area (Å²) in [6.07, 6.45) is 1.48. The second-order valence-corrected chi connectivity index (χ2v) is 22.4. The van der Waals surface area contributed by atoms with Gasteiger partial charge in [-0.15, -0.1) is 0 Å². The first-order valence-corrected chi connectivity index (χ1v) is 29.1. The van der Waals surface area contributed by atoms with Gasteiger partial charge in [-0.05, 0) is 90.7 Å². The molecule has 0 radical (unpaired) electrons. The molecule has 1 heterocycles. The van der Waals surface area contributed by atoms with Crippen molar-refractivity contribution in [3.8, 4) is 6.07 Å². The maximum Gasteiger partial charge on any atom is 0.495 e. The Balaban J connectivity index is 0.947. The largest absolute Gasteiger partial charge is 0.495 e. The highest BCUT2D eigenvalue weighted by Crippen LogP contribution is 2.59. The second kappa shape index (κ2) is 27.1. The van der Waals surface area contributed by atoms with Crippen LogP contribution < -0.4 is 16.1 Å². The van der Waals surface area contributed by atoms with Crippen LogP contribution in [0.3, 0.4) is 0 Å². The Hall–Kier alpha value is -7.52. The first-order chi connectivity index (χ1) is 39.1. The molecule has 80 heavy (non-hydrogen) atoms. The normalized spacial score (nSPS) is 14.6. The van der Waals surface area contributed by atoms with Gasteiger partial charge in [-0.25, -0.2) is 0 Å². The molecule has 9 rings (SSSR count). The number of hydrogen-bond donors (Lipinski definition) is 2. The zero-order chi connectivity index (χ0) is 55.8. The van der Waals surface area contributed by atoms with Gasteiger partial charge in [0.05, 0.1) is 31.7 Å². The number of nitriles is 1. The number of ether oxygens (including phenoxy) is 1. The average Bonchev–Trinajstić information content (AvgIpc) is 4.07. The number of carbonyl (C=O) groups is 2. The Morgan fingerprint density at radius 3 is 1.39 bits per heavy atom. The third-order valence-electron chi connectivity index (χ3n) is 14.7. The Morgan fingerprint density at radius 2 is 1.00 bits per heavy atom. The Labute approximate surface area is 474 Å². The van der Waals surface area contributed by atoms with Gasteiger partial charge in [0.2, 0.25) is 5.91 Å². The molecule has 406 valence electrons. The van der Waals surface area contributed by atoms with Crippen molar-refractivity contribution in [2.24, 2.45) is 0 Å². The van der Waals surface area contributed by atoms with Gasteiger partial charge in [0.15, 0.2) is 0 Å². The van der Waals surface area contributed by atoms with Crippen LogP contribution in [-0.4, -0.2) is 67.6 Å². The molecular formula is C68H70BN4O6P. The van der Waals surface area contributed by atoms with Crippen LogP contribution in [-0.2, 0) is 40.2 Å². The fourth-order valence-corrected chi connectivity index (χ4v) is 13.6. The predicted molar refractivity (Wildman–Crippen MR) is 320 cm³/mol. The van der Waals surface area contributed by atoms with E-state index in [4.69, 9.17) is 18.6 Å². The Bertz CT molecular complexity index is 2960. The third kappa shape index (κ3) is 12.4. The van der Waals surface area contributed by atoms with Gasteiger partial charge in [-0.2, -0.15) is 5.26 Å². The third-order valence-corrected chi connectivity index (χ3v) is 17.3. The summed E-state index contributed by atoms with van der Waals surface area (Å²) < 4.78 is 31.1. The fraction of sp³-hybridized carbons (Fsp3) is 0.250. The van der Waals surface area contributed by atoms with Crippen molar-refractivity contribution in [2.75, 3.05) is 25.9 Å². The molecule has 0 spiro atoms. The smallest absolute Gasteiger partial charge is 0.390 e. The molecular weight excluding hydrogens is 1010 g/mol. The molecule has 2 atom stereocenters. The van der Waals surface area contributed by atoms with E-state index in [9.17, 15) is 14.9 Å². The molecule has 12 heteroatoms. The fourth-order valence-electron chi connectivity index (χ4n) is 11.3. The maximum absolute atomic E-state index is 14.2. The van der Waals surface area contributed by atoms with E-state index in [1.807, 2.05) is 140 Å². The van der Waals surface area contributed by atoms with Crippen molar-refractivity contribution < 1.29 is 28.2 Å². The van der Waals surface area contributed by atoms with E-state index >= 15 is 0 Å². The zero-order valence-electron chi connectivity index (χ0n) is 46.1. The van der Waals surface area contributed by atoms with Crippen molar-refractivity contribution >= 4 is 32.7 Å². The van der Waals surface area contributed by atoms with Crippen molar-refractivity contribution in [3.63, 3.8) is 0 Å². The average molecular weight is 1080 g/mol. The van der Waals surface area contributed by atoms with Crippen LogP contribution in [0.5, 0.6) is 0 Å². The molecule has 2 amide bonds. The van der Waals surface area contributed by atoms with E-state index in [0.29, 0.717) is 24.8 Å². The van der Waals surface area contributed by atoms with E-state index in [-0.39, 0.29) is 49.9 Å². The highest BCUT2D eigenvalue weighted by molar-refractivity contribution is 7.50. The van der Waals surface area contributed by atoms with Crippen molar-refractivity contribution in [2.45, 2.75) is 81.9 Å².